The molecule has 0 atom stereocenters. The van der Waals surface area contributed by atoms with Crippen LogP contribution in [0.1, 0.15) is 59.3 Å². The average Bonchev–Trinajstić information content (AvgIpc) is 2.93. The third kappa shape index (κ3) is 6.77. The van der Waals surface area contributed by atoms with Crippen molar-refractivity contribution in [3.63, 3.8) is 0 Å². The van der Waals surface area contributed by atoms with E-state index in [2.05, 4.69) is 15.6 Å². The van der Waals surface area contributed by atoms with E-state index in [1.807, 2.05) is 57.2 Å². The van der Waals surface area contributed by atoms with Crippen molar-refractivity contribution in [3.8, 4) is 16.9 Å². The number of benzene rings is 2. The second-order valence-electron chi connectivity index (χ2n) is 10.3. The lowest BCUT2D eigenvalue weighted by molar-refractivity contribution is -0.138. The molecule has 3 N–H and O–H groups in total. The molecule has 0 aliphatic heterocycles. The highest BCUT2D eigenvalue weighted by molar-refractivity contribution is 6.07. The predicted octanol–water partition coefficient (Wildman–Crippen LogP) is 6.19. The summed E-state index contributed by atoms with van der Waals surface area (Å²) in [7, 11) is 1.59. The number of carbonyl (C=O) groups excluding carboxylic acids is 2. The summed E-state index contributed by atoms with van der Waals surface area (Å²) in [6.45, 7) is 5.40. The minimum Gasteiger partial charge on any atom is -0.497 e. The van der Waals surface area contributed by atoms with E-state index in [4.69, 9.17) is 4.74 Å². The molecule has 1 aliphatic carbocycles. The van der Waals surface area contributed by atoms with Crippen molar-refractivity contribution in [1.29, 1.82) is 0 Å². The van der Waals surface area contributed by atoms with Crippen molar-refractivity contribution in [3.05, 3.63) is 71.0 Å². The zero-order chi connectivity index (χ0) is 28.8. The van der Waals surface area contributed by atoms with Crippen LogP contribution in [0.25, 0.3) is 11.1 Å². The molecular formula is C31H36N4O5. The van der Waals surface area contributed by atoms with Crippen molar-refractivity contribution >= 4 is 29.3 Å². The number of pyridine rings is 1. The minimum absolute atomic E-state index is 0.00316. The Morgan fingerprint density at radius 2 is 1.60 bits per heavy atom. The van der Waals surface area contributed by atoms with Gasteiger partial charge in [0.05, 0.1) is 12.8 Å². The third-order valence-corrected chi connectivity index (χ3v) is 7.26. The van der Waals surface area contributed by atoms with E-state index >= 15 is 0 Å². The Morgan fingerprint density at radius 1 is 0.950 bits per heavy atom. The van der Waals surface area contributed by atoms with Crippen LogP contribution in [0.15, 0.2) is 48.7 Å². The van der Waals surface area contributed by atoms with Gasteiger partial charge in [-0.2, -0.15) is 0 Å². The fourth-order valence-corrected chi connectivity index (χ4v) is 5.36. The number of carbonyl (C=O) groups is 3. The number of methoxy groups -OCH3 is 1. The Bertz CT molecular complexity index is 1370. The molecule has 1 fully saturated rings. The summed E-state index contributed by atoms with van der Waals surface area (Å²) >= 11 is 0. The topological polar surface area (TPSA) is 121 Å². The fourth-order valence-electron chi connectivity index (χ4n) is 5.36. The Morgan fingerprint density at radius 3 is 2.20 bits per heavy atom. The first kappa shape index (κ1) is 28.6. The standard InChI is InChI=1S/C31H36N4O5/c1-19-14-20(2)28(21(3)15-19)34-31(39)33-26-16-23(22-10-12-25(40-4)13-11-22)17-32-29(26)30(38)35(18-27(36)37)24-8-6-5-7-9-24/h10-17,24H,5-9,18H2,1-4H3,(H,36,37)(H2,33,34,39). The van der Waals surface area contributed by atoms with E-state index < -0.39 is 24.5 Å². The van der Waals surface area contributed by atoms with Crippen LogP contribution < -0.4 is 15.4 Å². The van der Waals surface area contributed by atoms with Gasteiger partial charge in [-0.25, -0.2) is 9.78 Å². The molecule has 3 aromatic rings. The zero-order valence-corrected chi connectivity index (χ0v) is 23.4. The number of rotatable bonds is 8. The van der Waals surface area contributed by atoms with Gasteiger partial charge < -0.3 is 25.4 Å². The maximum absolute atomic E-state index is 13.8. The first-order valence-electron chi connectivity index (χ1n) is 13.5. The molecule has 4 rings (SSSR count). The molecule has 1 aromatic heterocycles. The molecule has 2 aromatic carbocycles. The van der Waals surface area contributed by atoms with Crippen molar-refractivity contribution in [1.82, 2.24) is 9.88 Å². The zero-order valence-electron chi connectivity index (χ0n) is 23.4. The smallest absolute Gasteiger partial charge is 0.323 e. The first-order valence-corrected chi connectivity index (χ1v) is 13.5. The molecule has 0 spiro atoms. The number of nitrogens with zero attached hydrogens (tertiary/aromatic N) is 2. The minimum atomic E-state index is -1.09. The summed E-state index contributed by atoms with van der Waals surface area (Å²) in [4.78, 5) is 44.7. The maximum Gasteiger partial charge on any atom is 0.323 e. The van der Waals surface area contributed by atoms with Crippen molar-refractivity contribution in [2.75, 3.05) is 24.3 Å². The Hall–Kier alpha value is -4.40. The average molecular weight is 545 g/mol. The first-order chi connectivity index (χ1) is 19.2. The maximum atomic E-state index is 13.8. The van der Waals surface area contributed by atoms with Gasteiger partial charge in [0.25, 0.3) is 5.91 Å². The molecule has 40 heavy (non-hydrogen) atoms. The molecule has 0 bridgehead atoms. The van der Waals surface area contributed by atoms with E-state index in [0.29, 0.717) is 17.0 Å². The van der Waals surface area contributed by atoms with Crippen LogP contribution in [0.5, 0.6) is 5.75 Å². The molecule has 1 heterocycles. The summed E-state index contributed by atoms with van der Waals surface area (Å²) in [5.41, 5.74) is 5.30. The van der Waals surface area contributed by atoms with E-state index in [1.165, 1.54) is 4.90 Å². The lowest BCUT2D eigenvalue weighted by Crippen LogP contribution is -2.45. The van der Waals surface area contributed by atoms with Gasteiger partial charge in [-0.3, -0.25) is 9.59 Å². The van der Waals surface area contributed by atoms with E-state index in [9.17, 15) is 19.5 Å². The Labute approximate surface area is 234 Å². The second-order valence-corrected chi connectivity index (χ2v) is 10.3. The van der Waals surface area contributed by atoms with Crippen molar-refractivity contribution in [2.24, 2.45) is 0 Å². The number of amides is 3. The summed E-state index contributed by atoms with van der Waals surface area (Å²) in [6.07, 6.45) is 5.95. The number of carboxylic acids is 1. The highest BCUT2D eigenvalue weighted by Gasteiger charge is 2.31. The summed E-state index contributed by atoms with van der Waals surface area (Å²) < 4.78 is 5.25. The number of ether oxygens (including phenoxy) is 1. The quantitative estimate of drug-likeness (QED) is 0.311. The van der Waals surface area contributed by atoms with Crippen LogP contribution in [-0.4, -0.2) is 52.6 Å². The molecule has 3 amide bonds. The molecule has 0 saturated heterocycles. The number of carboxylic acid groups (broad SMARTS) is 1. The van der Waals surface area contributed by atoms with Crippen LogP contribution in [0.3, 0.4) is 0 Å². The Balaban J connectivity index is 1.71. The molecule has 1 saturated carbocycles. The van der Waals surface area contributed by atoms with Crippen molar-refractivity contribution in [2.45, 2.75) is 58.9 Å². The number of nitrogens with one attached hydrogen (secondary N) is 2. The predicted molar refractivity (Wildman–Crippen MR) is 155 cm³/mol. The molecule has 0 radical (unpaired) electrons. The van der Waals surface area contributed by atoms with Gasteiger partial charge in [-0.1, -0.05) is 49.1 Å². The SMILES string of the molecule is COc1ccc(-c2cnc(C(=O)N(CC(=O)O)C3CCCCC3)c(NC(=O)Nc3c(C)cc(C)cc3C)c2)cc1. The van der Waals surface area contributed by atoms with Gasteiger partial charge >= 0.3 is 12.0 Å². The highest BCUT2D eigenvalue weighted by atomic mass is 16.5. The van der Waals surface area contributed by atoms with Gasteiger partial charge in [0.1, 0.15) is 12.3 Å². The van der Waals surface area contributed by atoms with Gasteiger partial charge in [0, 0.05) is 23.5 Å². The molecule has 1 aliphatic rings. The van der Waals surface area contributed by atoms with Gasteiger partial charge in [-0.05, 0) is 68.5 Å². The number of aliphatic carboxylic acids is 1. The monoisotopic (exact) mass is 544 g/mol. The van der Waals surface area contributed by atoms with Gasteiger partial charge in [0.15, 0.2) is 5.69 Å². The largest absolute Gasteiger partial charge is 0.497 e. The van der Waals surface area contributed by atoms with E-state index in [1.54, 1.807) is 19.4 Å². The number of aromatic nitrogens is 1. The third-order valence-electron chi connectivity index (χ3n) is 7.26. The van der Waals surface area contributed by atoms with Gasteiger partial charge in [0.2, 0.25) is 0 Å². The Kier molecular flexibility index (Phi) is 9.04. The molecular weight excluding hydrogens is 508 g/mol. The van der Waals surface area contributed by atoms with Crippen LogP contribution in [0.4, 0.5) is 16.2 Å². The second kappa shape index (κ2) is 12.6. The van der Waals surface area contributed by atoms with E-state index in [-0.39, 0.29) is 17.4 Å². The normalized spacial score (nSPS) is 13.4. The molecule has 210 valence electrons. The molecule has 9 heteroatoms. The van der Waals surface area contributed by atoms with Crippen molar-refractivity contribution < 1.29 is 24.2 Å². The number of anilines is 2. The highest BCUT2D eigenvalue weighted by Crippen LogP contribution is 2.30. The molecule has 0 unspecified atom stereocenters. The number of urea groups is 1. The van der Waals surface area contributed by atoms with Crippen LogP contribution in [0.2, 0.25) is 0 Å². The number of hydrogen-bond acceptors (Lipinski definition) is 5. The summed E-state index contributed by atoms with van der Waals surface area (Å²) in [5.74, 6) is -0.915. The lowest BCUT2D eigenvalue weighted by atomic mass is 9.93. The van der Waals surface area contributed by atoms with Crippen LogP contribution in [-0.2, 0) is 4.79 Å². The van der Waals surface area contributed by atoms with Crippen LogP contribution >= 0.6 is 0 Å². The number of hydrogen-bond donors (Lipinski definition) is 3. The van der Waals surface area contributed by atoms with Gasteiger partial charge in [-0.15, -0.1) is 0 Å². The van der Waals surface area contributed by atoms with E-state index in [0.717, 1.165) is 54.4 Å². The molecule has 9 nitrogen and oxygen atoms in total. The summed E-state index contributed by atoms with van der Waals surface area (Å²) in [6, 6.07) is 12.3. The van der Waals surface area contributed by atoms with Crippen LogP contribution in [0, 0.1) is 20.8 Å². The fraction of sp³-hybridized carbons (Fsp3) is 0.355. The number of aryl methyl sites for hydroxylation is 3. The summed E-state index contributed by atoms with van der Waals surface area (Å²) in [5, 5.41) is 15.3. The lowest BCUT2D eigenvalue weighted by Gasteiger charge is -2.33.